The second kappa shape index (κ2) is 9.27. The Labute approximate surface area is 189 Å². The zero-order valence-corrected chi connectivity index (χ0v) is 18.2. The standard InChI is InChI=1S/C23H22N6O2S/c30-21(7-6-20-26-27-23(31-20)18-9-15-32-16-18)29-13-11-28(12-14-29)19-8-10-24-22(25-19)17-4-2-1-3-5-17/h1-5,8-10,15-16H,6-7,11-14H2. The number of carbonyl (C=O) groups excluding carboxylic acids is 1. The van der Waals surface area contributed by atoms with E-state index >= 15 is 0 Å². The van der Waals surface area contributed by atoms with Gasteiger partial charge in [-0.25, -0.2) is 9.97 Å². The van der Waals surface area contributed by atoms with Gasteiger partial charge in [0.1, 0.15) is 5.82 Å². The van der Waals surface area contributed by atoms with Crippen molar-refractivity contribution in [2.75, 3.05) is 31.1 Å². The predicted octanol–water partition coefficient (Wildman–Crippen LogP) is 3.54. The van der Waals surface area contributed by atoms with Crippen LogP contribution in [0.25, 0.3) is 22.8 Å². The van der Waals surface area contributed by atoms with Crippen LogP contribution in [0.15, 0.2) is 63.8 Å². The van der Waals surface area contributed by atoms with Gasteiger partial charge in [-0.3, -0.25) is 4.79 Å². The van der Waals surface area contributed by atoms with Crippen molar-refractivity contribution in [3.05, 3.63) is 65.3 Å². The van der Waals surface area contributed by atoms with Gasteiger partial charge in [-0.2, -0.15) is 11.3 Å². The number of thiophene rings is 1. The van der Waals surface area contributed by atoms with Crippen LogP contribution in [-0.4, -0.2) is 57.2 Å². The molecule has 4 aromatic rings. The summed E-state index contributed by atoms with van der Waals surface area (Å²) in [6.07, 6.45) is 2.59. The van der Waals surface area contributed by atoms with Gasteiger partial charge in [0.05, 0.1) is 0 Å². The average molecular weight is 447 g/mol. The van der Waals surface area contributed by atoms with Crippen molar-refractivity contribution in [2.24, 2.45) is 0 Å². The van der Waals surface area contributed by atoms with Crippen LogP contribution < -0.4 is 4.90 Å². The van der Waals surface area contributed by atoms with Gasteiger partial charge in [0, 0.05) is 61.7 Å². The average Bonchev–Trinajstić information content (AvgIpc) is 3.56. The van der Waals surface area contributed by atoms with E-state index < -0.39 is 0 Å². The molecule has 8 nitrogen and oxygen atoms in total. The van der Waals surface area contributed by atoms with Gasteiger partial charge in [-0.1, -0.05) is 30.3 Å². The Balaban J connectivity index is 1.14. The summed E-state index contributed by atoms with van der Waals surface area (Å²) < 4.78 is 5.68. The molecule has 162 valence electrons. The van der Waals surface area contributed by atoms with E-state index in [-0.39, 0.29) is 5.91 Å². The van der Waals surface area contributed by atoms with Crippen LogP contribution in [0.2, 0.25) is 0 Å². The number of benzene rings is 1. The van der Waals surface area contributed by atoms with Crippen molar-refractivity contribution in [2.45, 2.75) is 12.8 Å². The maximum Gasteiger partial charge on any atom is 0.248 e. The Hall–Kier alpha value is -3.59. The van der Waals surface area contributed by atoms with Gasteiger partial charge >= 0.3 is 0 Å². The Morgan fingerprint density at radius 2 is 1.84 bits per heavy atom. The highest BCUT2D eigenvalue weighted by molar-refractivity contribution is 7.08. The summed E-state index contributed by atoms with van der Waals surface area (Å²) in [6, 6.07) is 13.8. The molecule has 1 amide bonds. The number of hydrogen-bond acceptors (Lipinski definition) is 8. The molecule has 4 heterocycles. The van der Waals surface area contributed by atoms with Crippen molar-refractivity contribution >= 4 is 23.1 Å². The van der Waals surface area contributed by atoms with Crippen molar-refractivity contribution in [3.8, 4) is 22.8 Å². The quantitative estimate of drug-likeness (QED) is 0.448. The topological polar surface area (TPSA) is 88.3 Å². The van der Waals surface area contributed by atoms with E-state index in [1.165, 1.54) is 0 Å². The summed E-state index contributed by atoms with van der Waals surface area (Å²) in [6.45, 7) is 2.79. The lowest BCUT2D eigenvalue weighted by Crippen LogP contribution is -2.49. The van der Waals surface area contributed by atoms with Gasteiger partial charge in [0.25, 0.3) is 0 Å². The fourth-order valence-corrected chi connectivity index (χ4v) is 4.30. The molecule has 3 aromatic heterocycles. The highest BCUT2D eigenvalue weighted by Crippen LogP contribution is 2.22. The van der Waals surface area contributed by atoms with Crippen molar-refractivity contribution in [1.82, 2.24) is 25.1 Å². The van der Waals surface area contributed by atoms with E-state index in [0.29, 0.717) is 43.5 Å². The number of hydrogen-bond donors (Lipinski definition) is 0. The third kappa shape index (κ3) is 4.52. The van der Waals surface area contributed by atoms with E-state index in [0.717, 1.165) is 30.0 Å². The minimum absolute atomic E-state index is 0.104. The first-order chi connectivity index (χ1) is 15.8. The summed E-state index contributed by atoms with van der Waals surface area (Å²) in [5.74, 6) is 2.70. The minimum atomic E-state index is 0.104. The number of amides is 1. The second-order valence-electron chi connectivity index (χ2n) is 7.49. The van der Waals surface area contributed by atoms with Gasteiger partial charge in [0.2, 0.25) is 17.7 Å². The molecule has 0 N–H and O–H groups in total. The van der Waals surface area contributed by atoms with Crippen LogP contribution in [0.4, 0.5) is 5.82 Å². The van der Waals surface area contributed by atoms with Crippen LogP contribution >= 0.6 is 11.3 Å². The number of anilines is 1. The Morgan fingerprint density at radius 1 is 1.00 bits per heavy atom. The van der Waals surface area contributed by atoms with Crippen molar-refractivity contribution in [3.63, 3.8) is 0 Å². The monoisotopic (exact) mass is 446 g/mol. The summed E-state index contributed by atoms with van der Waals surface area (Å²) in [4.78, 5) is 25.9. The minimum Gasteiger partial charge on any atom is -0.421 e. The Morgan fingerprint density at radius 3 is 2.62 bits per heavy atom. The zero-order valence-electron chi connectivity index (χ0n) is 17.4. The van der Waals surface area contributed by atoms with Crippen LogP contribution in [0.5, 0.6) is 0 Å². The lowest BCUT2D eigenvalue weighted by Gasteiger charge is -2.35. The molecule has 0 unspecified atom stereocenters. The molecular weight excluding hydrogens is 424 g/mol. The molecule has 5 rings (SSSR count). The van der Waals surface area contributed by atoms with E-state index in [4.69, 9.17) is 9.40 Å². The van der Waals surface area contributed by atoms with E-state index in [1.54, 1.807) is 17.5 Å². The third-order valence-electron chi connectivity index (χ3n) is 5.42. The molecule has 0 bridgehead atoms. The van der Waals surface area contributed by atoms with E-state index in [9.17, 15) is 4.79 Å². The smallest absolute Gasteiger partial charge is 0.248 e. The molecule has 0 atom stereocenters. The third-order valence-corrected chi connectivity index (χ3v) is 6.10. The van der Waals surface area contributed by atoms with Crippen LogP contribution in [-0.2, 0) is 11.2 Å². The second-order valence-corrected chi connectivity index (χ2v) is 8.27. The number of nitrogens with zero attached hydrogens (tertiary/aromatic N) is 6. The summed E-state index contributed by atoms with van der Waals surface area (Å²) in [7, 11) is 0. The summed E-state index contributed by atoms with van der Waals surface area (Å²) in [5.41, 5.74) is 1.91. The Bertz CT molecular complexity index is 1170. The maximum atomic E-state index is 12.7. The van der Waals surface area contributed by atoms with Crippen LogP contribution in [0, 0.1) is 0 Å². The molecule has 1 fully saturated rings. The van der Waals surface area contributed by atoms with E-state index in [2.05, 4.69) is 20.1 Å². The first kappa shape index (κ1) is 20.3. The maximum absolute atomic E-state index is 12.7. The van der Waals surface area contributed by atoms with Gasteiger partial charge in [-0.05, 0) is 17.5 Å². The molecule has 1 aromatic carbocycles. The van der Waals surface area contributed by atoms with Crippen LogP contribution in [0.1, 0.15) is 12.3 Å². The number of rotatable bonds is 6. The largest absolute Gasteiger partial charge is 0.421 e. The first-order valence-electron chi connectivity index (χ1n) is 10.5. The van der Waals surface area contributed by atoms with Crippen molar-refractivity contribution in [1.29, 1.82) is 0 Å². The number of piperazine rings is 1. The first-order valence-corrected chi connectivity index (χ1v) is 11.5. The molecule has 32 heavy (non-hydrogen) atoms. The fraction of sp³-hybridized carbons (Fsp3) is 0.261. The van der Waals surface area contributed by atoms with Gasteiger partial charge < -0.3 is 14.2 Å². The summed E-state index contributed by atoms with van der Waals surface area (Å²) >= 11 is 1.58. The number of aromatic nitrogens is 4. The number of aryl methyl sites for hydroxylation is 1. The lowest BCUT2D eigenvalue weighted by atomic mass is 10.2. The molecule has 0 aliphatic carbocycles. The SMILES string of the molecule is O=C(CCc1nnc(-c2ccsc2)o1)N1CCN(c2ccnc(-c3ccccc3)n2)CC1. The highest BCUT2D eigenvalue weighted by atomic mass is 32.1. The Kier molecular flexibility index (Phi) is 5.89. The highest BCUT2D eigenvalue weighted by Gasteiger charge is 2.23. The van der Waals surface area contributed by atoms with E-state index in [1.807, 2.05) is 58.1 Å². The molecule has 0 saturated carbocycles. The van der Waals surface area contributed by atoms with Crippen LogP contribution in [0.3, 0.4) is 0 Å². The van der Waals surface area contributed by atoms with Gasteiger partial charge in [-0.15, -0.1) is 10.2 Å². The number of carbonyl (C=O) groups is 1. The normalized spacial score (nSPS) is 14.0. The molecule has 1 aliphatic rings. The molecule has 9 heteroatoms. The lowest BCUT2D eigenvalue weighted by molar-refractivity contribution is -0.131. The summed E-state index contributed by atoms with van der Waals surface area (Å²) in [5, 5.41) is 12.1. The molecule has 1 aliphatic heterocycles. The van der Waals surface area contributed by atoms with Crippen molar-refractivity contribution < 1.29 is 9.21 Å². The predicted molar refractivity (Wildman–Crippen MR) is 122 cm³/mol. The molecule has 0 radical (unpaired) electrons. The zero-order chi connectivity index (χ0) is 21.8. The molecular formula is C23H22N6O2S. The fourth-order valence-electron chi connectivity index (χ4n) is 3.67. The van der Waals surface area contributed by atoms with Gasteiger partial charge in [0.15, 0.2) is 5.82 Å². The molecule has 1 saturated heterocycles. The molecule has 0 spiro atoms.